The highest BCUT2D eigenvalue weighted by Gasteiger charge is 2.35. The maximum atomic E-state index is 11.8. The van der Waals surface area contributed by atoms with Crippen LogP contribution in [0.25, 0.3) is 0 Å². The fourth-order valence-electron chi connectivity index (χ4n) is 1.99. The van der Waals surface area contributed by atoms with Gasteiger partial charge in [0.2, 0.25) is 5.91 Å². The number of thioether (sulfide) groups is 1. The van der Waals surface area contributed by atoms with Crippen molar-refractivity contribution in [2.24, 2.45) is 5.41 Å². The summed E-state index contributed by atoms with van der Waals surface area (Å²) >= 11 is 1.84. The van der Waals surface area contributed by atoms with Crippen LogP contribution in [0.3, 0.4) is 0 Å². The van der Waals surface area contributed by atoms with Gasteiger partial charge >= 0.3 is 0 Å². The number of hydrogen-bond acceptors (Lipinski definition) is 3. The number of nitrogens with zero attached hydrogens (tertiary/aromatic N) is 1. The molecule has 1 aliphatic carbocycles. The maximum Gasteiger partial charge on any atom is 0.239 e. The smallest absolute Gasteiger partial charge is 0.239 e. The molecule has 0 unspecified atom stereocenters. The number of carbonyl (C=O) groups excluding carboxylic acids is 1. The van der Waals surface area contributed by atoms with Crippen LogP contribution in [0.2, 0.25) is 0 Å². The van der Waals surface area contributed by atoms with Gasteiger partial charge < -0.3 is 5.32 Å². The third kappa shape index (κ3) is 2.91. The quantitative estimate of drug-likeness (QED) is 0.820. The van der Waals surface area contributed by atoms with E-state index >= 15 is 0 Å². The number of rotatable bonds is 4. The van der Waals surface area contributed by atoms with Crippen LogP contribution >= 0.6 is 11.8 Å². The SMILES string of the molecule is CSC1(CNC(=O)C(C)(C)C#N)CCCC1. The first-order valence-corrected chi connectivity index (χ1v) is 6.93. The van der Waals surface area contributed by atoms with Crippen LogP contribution < -0.4 is 5.32 Å². The minimum Gasteiger partial charge on any atom is -0.353 e. The van der Waals surface area contributed by atoms with Crippen LogP contribution in [0.5, 0.6) is 0 Å². The van der Waals surface area contributed by atoms with Gasteiger partial charge in [0, 0.05) is 11.3 Å². The second-order valence-electron chi connectivity index (χ2n) is 5.01. The van der Waals surface area contributed by atoms with Crippen LogP contribution in [-0.2, 0) is 4.79 Å². The van der Waals surface area contributed by atoms with Crippen LogP contribution in [0.15, 0.2) is 0 Å². The van der Waals surface area contributed by atoms with Crippen molar-refractivity contribution in [2.75, 3.05) is 12.8 Å². The van der Waals surface area contributed by atoms with Crippen molar-refractivity contribution >= 4 is 17.7 Å². The summed E-state index contributed by atoms with van der Waals surface area (Å²) < 4.78 is 0.210. The Kier molecular flexibility index (Phi) is 4.26. The molecule has 1 saturated carbocycles. The van der Waals surface area contributed by atoms with E-state index in [0.717, 1.165) is 0 Å². The molecule has 3 nitrogen and oxygen atoms in total. The van der Waals surface area contributed by atoms with Crippen molar-refractivity contribution in [1.82, 2.24) is 5.32 Å². The predicted octanol–water partition coefficient (Wildman–Crippen LogP) is 2.33. The normalized spacial score (nSPS) is 19.1. The van der Waals surface area contributed by atoms with Crippen LogP contribution in [0.4, 0.5) is 0 Å². The van der Waals surface area contributed by atoms with Crippen molar-refractivity contribution in [3.63, 3.8) is 0 Å². The van der Waals surface area contributed by atoms with Gasteiger partial charge in [-0.15, -0.1) is 0 Å². The van der Waals surface area contributed by atoms with E-state index in [4.69, 9.17) is 5.26 Å². The van der Waals surface area contributed by atoms with Gasteiger partial charge in [-0.3, -0.25) is 4.79 Å². The number of hydrogen-bond donors (Lipinski definition) is 1. The van der Waals surface area contributed by atoms with E-state index < -0.39 is 5.41 Å². The first-order valence-electron chi connectivity index (χ1n) is 5.70. The molecule has 1 aliphatic rings. The summed E-state index contributed by atoms with van der Waals surface area (Å²) in [4.78, 5) is 11.8. The van der Waals surface area contributed by atoms with E-state index in [1.165, 1.54) is 25.7 Å². The average Bonchev–Trinajstić information content (AvgIpc) is 2.75. The van der Waals surface area contributed by atoms with Crippen LogP contribution in [-0.4, -0.2) is 23.5 Å². The van der Waals surface area contributed by atoms with Gasteiger partial charge in [0.1, 0.15) is 5.41 Å². The first kappa shape index (κ1) is 13.4. The average molecular weight is 240 g/mol. The standard InChI is InChI=1S/C12H20N2OS/c1-11(2,8-13)10(15)14-9-12(16-3)6-4-5-7-12/h4-7,9H2,1-3H3,(H,14,15). The zero-order valence-electron chi connectivity index (χ0n) is 10.3. The fourth-order valence-corrected chi connectivity index (χ4v) is 2.90. The number of nitriles is 1. The van der Waals surface area contributed by atoms with E-state index in [1.54, 1.807) is 13.8 Å². The van der Waals surface area contributed by atoms with Crippen molar-refractivity contribution in [2.45, 2.75) is 44.3 Å². The van der Waals surface area contributed by atoms with Gasteiger partial charge in [0.05, 0.1) is 6.07 Å². The molecule has 1 amide bonds. The highest BCUT2D eigenvalue weighted by atomic mass is 32.2. The lowest BCUT2D eigenvalue weighted by Crippen LogP contribution is -2.43. The molecule has 0 heterocycles. The summed E-state index contributed by atoms with van der Waals surface area (Å²) in [5.41, 5.74) is -0.918. The second-order valence-corrected chi connectivity index (χ2v) is 6.29. The van der Waals surface area contributed by atoms with Crippen molar-refractivity contribution in [1.29, 1.82) is 5.26 Å². The topological polar surface area (TPSA) is 52.9 Å². The third-order valence-electron chi connectivity index (χ3n) is 3.37. The zero-order chi connectivity index (χ0) is 12.2. The van der Waals surface area contributed by atoms with E-state index in [-0.39, 0.29) is 10.7 Å². The molecule has 0 aliphatic heterocycles. The highest BCUT2D eigenvalue weighted by Crippen LogP contribution is 2.39. The molecule has 1 N–H and O–H groups in total. The highest BCUT2D eigenvalue weighted by molar-refractivity contribution is 8.00. The number of nitrogens with one attached hydrogen (secondary N) is 1. The predicted molar refractivity (Wildman–Crippen MR) is 67.1 cm³/mol. The van der Waals surface area contributed by atoms with Crippen molar-refractivity contribution < 1.29 is 4.79 Å². The summed E-state index contributed by atoms with van der Waals surface area (Å²) in [6, 6.07) is 2.03. The Balaban J connectivity index is 2.51. The van der Waals surface area contributed by atoms with Crippen molar-refractivity contribution in [3.05, 3.63) is 0 Å². The lowest BCUT2D eigenvalue weighted by Gasteiger charge is -2.28. The molecule has 0 bridgehead atoms. The van der Waals surface area contributed by atoms with E-state index in [1.807, 2.05) is 17.8 Å². The summed E-state index contributed by atoms with van der Waals surface area (Å²) in [5, 5.41) is 11.8. The van der Waals surface area contributed by atoms with Gasteiger partial charge in [0.25, 0.3) is 0 Å². The Morgan fingerprint density at radius 1 is 1.50 bits per heavy atom. The molecular formula is C12H20N2OS. The third-order valence-corrected chi connectivity index (χ3v) is 4.78. The summed E-state index contributed by atoms with van der Waals surface area (Å²) in [6.45, 7) is 4.00. The molecule has 0 aromatic heterocycles. The minimum absolute atomic E-state index is 0.157. The molecule has 90 valence electrons. The summed E-state index contributed by atoms with van der Waals surface area (Å²) in [7, 11) is 0. The lowest BCUT2D eigenvalue weighted by atomic mass is 9.94. The second kappa shape index (κ2) is 5.09. The Bertz CT molecular complexity index is 301. The maximum absolute atomic E-state index is 11.8. The lowest BCUT2D eigenvalue weighted by molar-refractivity contribution is -0.126. The molecule has 0 aromatic carbocycles. The summed E-state index contributed by atoms with van der Waals surface area (Å²) in [5.74, 6) is -0.157. The molecule has 0 saturated heterocycles. The number of amides is 1. The van der Waals surface area contributed by atoms with Crippen LogP contribution in [0, 0.1) is 16.7 Å². The Labute approximate surface area is 102 Å². The number of carbonyl (C=O) groups is 1. The van der Waals surface area contributed by atoms with Gasteiger partial charge in [-0.2, -0.15) is 17.0 Å². The first-order chi connectivity index (χ1) is 7.46. The van der Waals surface area contributed by atoms with Crippen molar-refractivity contribution in [3.8, 4) is 6.07 Å². The van der Waals surface area contributed by atoms with E-state index in [2.05, 4.69) is 11.6 Å². The molecule has 4 heteroatoms. The van der Waals surface area contributed by atoms with Gasteiger partial charge in [-0.05, 0) is 32.9 Å². The van der Waals surface area contributed by atoms with Gasteiger partial charge in [-0.25, -0.2) is 0 Å². The molecule has 0 spiro atoms. The van der Waals surface area contributed by atoms with Crippen LogP contribution in [0.1, 0.15) is 39.5 Å². The van der Waals surface area contributed by atoms with Gasteiger partial charge in [-0.1, -0.05) is 12.8 Å². The Hall–Kier alpha value is -0.690. The summed E-state index contributed by atoms with van der Waals surface area (Å²) in [6.07, 6.45) is 6.94. The molecule has 1 rings (SSSR count). The van der Waals surface area contributed by atoms with E-state index in [9.17, 15) is 4.79 Å². The molecule has 0 radical (unpaired) electrons. The Morgan fingerprint density at radius 3 is 2.50 bits per heavy atom. The molecular weight excluding hydrogens is 220 g/mol. The largest absolute Gasteiger partial charge is 0.353 e. The molecule has 0 aromatic rings. The molecule has 16 heavy (non-hydrogen) atoms. The molecule has 0 atom stereocenters. The monoisotopic (exact) mass is 240 g/mol. The minimum atomic E-state index is -0.918. The Morgan fingerprint density at radius 2 is 2.06 bits per heavy atom. The zero-order valence-corrected chi connectivity index (χ0v) is 11.1. The van der Waals surface area contributed by atoms with Gasteiger partial charge in [0.15, 0.2) is 0 Å². The molecule has 1 fully saturated rings. The fraction of sp³-hybridized carbons (Fsp3) is 0.833. The van der Waals surface area contributed by atoms with E-state index in [0.29, 0.717) is 6.54 Å².